The van der Waals surface area contributed by atoms with Crippen LogP contribution in [0.15, 0.2) is 24.5 Å². The molecule has 1 saturated heterocycles. The summed E-state index contributed by atoms with van der Waals surface area (Å²) in [4.78, 5) is 20.3. The fraction of sp³-hybridized carbons (Fsp3) is 0.647. The molecule has 1 aromatic heterocycles. The van der Waals surface area contributed by atoms with Gasteiger partial charge in [0.25, 0.3) is 0 Å². The Labute approximate surface area is 132 Å². The first-order chi connectivity index (χ1) is 10.3. The number of nitrogens with zero attached hydrogens (tertiary/aromatic N) is 3. The van der Waals surface area contributed by atoms with Crippen molar-refractivity contribution in [2.45, 2.75) is 32.9 Å². The second-order valence-corrected chi connectivity index (χ2v) is 6.85. The number of carbonyl (C=O) groups excluding carboxylic acids is 1. The molecule has 0 aliphatic carbocycles. The molecular formula is C17H27N3O2. The van der Waals surface area contributed by atoms with Gasteiger partial charge in [0, 0.05) is 37.9 Å². The predicted octanol–water partition coefficient (Wildman–Crippen LogP) is 1.38. The molecule has 1 amide bonds. The fourth-order valence-corrected chi connectivity index (χ4v) is 3.15. The van der Waals surface area contributed by atoms with Crippen LogP contribution in [-0.2, 0) is 11.3 Å². The second kappa shape index (κ2) is 6.75. The van der Waals surface area contributed by atoms with Crippen LogP contribution in [0.25, 0.3) is 0 Å². The van der Waals surface area contributed by atoms with Crippen LogP contribution < -0.4 is 0 Å². The van der Waals surface area contributed by atoms with Crippen LogP contribution in [-0.4, -0.2) is 58.1 Å². The van der Waals surface area contributed by atoms with Crippen molar-refractivity contribution in [2.24, 2.45) is 11.8 Å². The minimum absolute atomic E-state index is 0.0785. The highest BCUT2D eigenvalue weighted by molar-refractivity contribution is 5.78. The van der Waals surface area contributed by atoms with Crippen molar-refractivity contribution in [3.05, 3.63) is 30.1 Å². The maximum atomic E-state index is 12.5. The van der Waals surface area contributed by atoms with Gasteiger partial charge >= 0.3 is 0 Å². The third kappa shape index (κ3) is 3.65. The minimum atomic E-state index is -0.766. The number of amides is 1. The number of likely N-dealkylation sites (N-methyl/N-ethyl adjacent to an activating group) is 1. The number of aliphatic hydroxyl groups is 1. The number of likely N-dealkylation sites (tertiary alicyclic amines) is 1. The highest BCUT2D eigenvalue weighted by Crippen LogP contribution is 2.33. The van der Waals surface area contributed by atoms with E-state index in [0.29, 0.717) is 26.2 Å². The SMILES string of the molecule is CC(C)C1(O)CN(C(=O)CN(C)Cc2cccnc2)CC1C. The van der Waals surface area contributed by atoms with Crippen molar-refractivity contribution in [3.63, 3.8) is 0 Å². The Morgan fingerprint density at radius 1 is 1.59 bits per heavy atom. The molecule has 0 saturated carbocycles. The lowest BCUT2D eigenvalue weighted by atomic mass is 9.82. The van der Waals surface area contributed by atoms with Gasteiger partial charge in [0.15, 0.2) is 0 Å². The number of pyridine rings is 1. The Hall–Kier alpha value is -1.46. The van der Waals surface area contributed by atoms with Gasteiger partial charge in [-0.05, 0) is 24.6 Å². The van der Waals surface area contributed by atoms with Gasteiger partial charge in [-0.1, -0.05) is 26.8 Å². The van der Waals surface area contributed by atoms with Crippen LogP contribution >= 0.6 is 0 Å². The zero-order valence-electron chi connectivity index (χ0n) is 14.0. The largest absolute Gasteiger partial charge is 0.387 e. The summed E-state index contributed by atoms with van der Waals surface area (Å²) in [5, 5.41) is 10.7. The molecule has 2 atom stereocenters. The van der Waals surface area contributed by atoms with Crippen molar-refractivity contribution in [1.82, 2.24) is 14.8 Å². The van der Waals surface area contributed by atoms with E-state index in [1.165, 1.54) is 0 Å². The van der Waals surface area contributed by atoms with E-state index in [9.17, 15) is 9.90 Å². The van der Waals surface area contributed by atoms with Crippen LogP contribution in [0.2, 0.25) is 0 Å². The normalized spacial score (nSPS) is 25.2. The van der Waals surface area contributed by atoms with E-state index in [1.807, 2.05) is 51.0 Å². The quantitative estimate of drug-likeness (QED) is 0.893. The first-order valence-electron chi connectivity index (χ1n) is 7.90. The third-order valence-electron chi connectivity index (χ3n) is 4.72. The van der Waals surface area contributed by atoms with Crippen molar-refractivity contribution >= 4 is 5.91 Å². The molecule has 5 heteroatoms. The molecule has 1 aliphatic rings. The zero-order chi connectivity index (χ0) is 16.3. The van der Waals surface area contributed by atoms with E-state index in [1.54, 1.807) is 11.1 Å². The Bertz CT molecular complexity index is 506. The highest BCUT2D eigenvalue weighted by Gasteiger charge is 2.46. The molecule has 2 unspecified atom stereocenters. The first kappa shape index (κ1) is 16.9. The number of rotatable bonds is 5. The van der Waals surface area contributed by atoms with Gasteiger partial charge in [-0.3, -0.25) is 14.7 Å². The van der Waals surface area contributed by atoms with E-state index >= 15 is 0 Å². The van der Waals surface area contributed by atoms with Gasteiger partial charge in [-0.2, -0.15) is 0 Å². The van der Waals surface area contributed by atoms with Crippen molar-refractivity contribution in [1.29, 1.82) is 0 Å². The number of β-amino-alcohol motifs (C(OH)–C–C–N with tert-alkyl or cyclic N) is 1. The molecule has 22 heavy (non-hydrogen) atoms. The standard InChI is InChI=1S/C17H27N3O2/c1-13(2)17(22)12-20(9-14(17)3)16(21)11-19(4)10-15-6-5-7-18-8-15/h5-8,13-14,22H,9-12H2,1-4H3. The summed E-state index contributed by atoms with van der Waals surface area (Å²) < 4.78 is 0. The number of carbonyl (C=O) groups is 1. The maximum Gasteiger partial charge on any atom is 0.236 e. The Morgan fingerprint density at radius 2 is 2.32 bits per heavy atom. The summed E-state index contributed by atoms with van der Waals surface area (Å²) in [6, 6.07) is 3.90. The number of hydrogen-bond acceptors (Lipinski definition) is 4. The molecule has 2 heterocycles. The second-order valence-electron chi connectivity index (χ2n) is 6.85. The van der Waals surface area contributed by atoms with Crippen LogP contribution in [0.1, 0.15) is 26.3 Å². The molecule has 0 spiro atoms. The van der Waals surface area contributed by atoms with Crippen molar-refractivity contribution in [3.8, 4) is 0 Å². The summed E-state index contributed by atoms with van der Waals surface area (Å²) in [5.74, 6) is 0.336. The molecule has 1 N–H and O–H groups in total. The zero-order valence-corrected chi connectivity index (χ0v) is 14.0. The summed E-state index contributed by atoms with van der Waals surface area (Å²) >= 11 is 0. The highest BCUT2D eigenvalue weighted by atomic mass is 16.3. The van der Waals surface area contributed by atoms with Gasteiger partial charge in [0.2, 0.25) is 5.91 Å². The number of aromatic nitrogens is 1. The molecular weight excluding hydrogens is 278 g/mol. The van der Waals surface area contributed by atoms with Crippen LogP contribution in [0.3, 0.4) is 0 Å². The molecule has 0 aromatic carbocycles. The van der Waals surface area contributed by atoms with Crippen molar-refractivity contribution < 1.29 is 9.90 Å². The van der Waals surface area contributed by atoms with Gasteiger partial charge < -0.3 is 10.0 Å². The molecule has 0 bridgehead atoms. The molecule has 122 valence electrons. The van der Waals surface area contributed by atoms with Gasteiger partial charge in [0.05, 0.1) is 12.1 Å². The Morgan fingerprint density at radius 3 is 2.86 bits per heavy atom. The molecule has 5 nitrogen and oxygen atoms in total. The topological polar surface area (TPSA) is 56.7 Å². The van der Waals surface area contributed by atoms with Gasteiger partial charge in [0.1, 0.15) is 0 Å². The van der Waals surface area contributed by atoms with Gasteiger partial charge in [-0.25, -0.2) is 0 Å². The minimum Gasteiger partial charge on any atom is -0.387 e. The monoisotopic (exact) mass is 305 g/mol. The van der Waals surface area contributed by atoms with Crippen LogP contribution in [0.5, 0.6) is 0 Å². The van der Waals surface area contributed by atoms with Gasteiger partial charge in [-0.15, -0.1) is 0 Å². The lowest BCUT2D eigenvalue weighted by Gasteiger charge is -2.31. The smallest absolute Gasteiger partial charge is 0.236 e. The fourth-order valence-electron chi connectivity index (χ4n) is 3.15. The molecule has 1 fully saturated rings. The molecule has 2 rings (SSSR count). The average Bonchev–Trinajstić information content (AvgIpc) is 2.77. The predicted molar refractivity (Wildman–Crippen MR) is 86.1 cm³/mol. The summed E-state index contributed by atoms with van der Waals surface area (Å²) in [6.45, 7) is 8.16. The molecule has 0 radical (unpaired) electrons. The average molecular weight is 305 g/mol. The van der Waals surface area contributed by atoms with Crippen LogP contribution in [0.4, 0.5) is 0 Å². The summed E-state index contributed by atoms with van der Waals surface area (Å²) in [6.07, 6.45) is 3.56. The van der Waals surface area contributed by atoms with Crippen LogP contribution in [0, 0.1) is 11.8 Å². The van der Waals surface area contributed by atoms with E-state index in [2.05, 4.69) is 4.98 Å². The lowest BCUT2D eigenvalue weighted by Crippen LogP contribution is -2.44. The Kier molecular flexibility index (Phi) is 5.19. The maximum absolute atomic E-state index is 12.5. The van der Waals surface area contributed by atoms with E-state index in [4.69, 9.17) is 0 Å². The summed E-state index contributed by atoms with van der Waals surface area (Å²) in [7, 11) is 1.93. The molecule has 1 aromatic rings. The number of hydrogen-bond donors (Lipinski definition) is 1. The van der Waals surface area contributed by atoms with E-state index in [-0.39, 0.29) is 17.7 Å². The van der Waals surface area contributed by atoms with E-state index in [0.717, 1.165) is 5.56 Å². The molecule has 1 aliphatic heterocycles. The summed E-state index contributed by atoms with van der Waals surface area (Å²) in [5.41, 5.74) is 0.323. The third-order valence-corrected chi connectivity index (χ3v) is 4.72. The first-order valence-corrected chi connectivity index (χ1v) is 7.90. The Balaban J connectivity index is 1.90. The van der Waals surface area contributed by atoms with Crippen molar-refractivity contribution in [2.75, 3.05) is 26.7 Å². The van der Waals surface area contributed by atoms with E-state index < -0.39 is 5.60 Å². The lowest BCUT2D eigenvalue weighted by molar-refractivity contribution is -0.132.